The number of rotatable bonds is 6. The third-order valence-corrected chi connectivity index (χ3v) is 6.26. The molecule has 0 saturated heterocycles. The Labute approximate surface area is 181 Å². The summed E-state index contributed by atoms with van der Waals surface area (Å²) in [5.74, 6) is -0.299. The highest BCUT2D eigenvalue weighted by Crippen LogP contribution is 2.29. The van der Waals surface area contributed by atoms with Gasteiger partial charge >= 0.3 is 0 Å². The molecule has 0 saturated carbocycles. The summed E-state index contributed by atoms with van der Waals surface area (Å²) >= 11 is 14.8. The molecule has 0 spiro atoms. The van der Waals surface area contributed by atoms with Crippen LogP contribution in [0.15, 0.2) is 64.9 Å². The number of anilines is 2. The predicted molar refractivity (Wildman–Crippen MR) is 119 cm³/mol. The van der Waals surface area contributed by atoms with Crippen molar-refractivity contribution in [1.82, 2.24) is 0 Å². The molecule has 1 aromatic heterocycles. The number of amides is 2. The molecule has 3 rings (SSSR count). The van der Waals surface area contributed by atoms with Gasteiger partial charge in [-0.1, -0.05) is 29.3 Å². The fourth-order valence-electron chi connectivity index (χ4n) is 2.30. The summed E-state index contributed by atoms with van der Waals surface area (Å²) in [6.07, 6.45) is 0. The number of thiophene rings is 1. The highest BCUT2D eigenvalue weighted by atomic mass is 35.5. The average Bonchev–Trinajstić information content (AvgIpc) is 3.20. The number of nitrogens with one attached hydrogen (secondary N) is 2. The van der Waals surface area contributed by atoms with E-state index in [0.29, 0.717) is 26.3 Å². The fraction of sp³-hybridized carbons (Fsp3) is 0.100. The molecule has 0 bridgehead atoms. The lowest BCUT2D eigenvalue weighted by atomic mass is 10.3. The minimum atomic E-state index is -0.335. The van der Waals surface area contributed by atoms with E-state index in [1.807, 2.05) is 42.6 Å². The van der Waals surface area contributed by atoms with Crippen molar-refractivity contribution in [3.05, 3.63) is 74.9 Å². The second-order valence-corrected chi connectivity index (χ2v) is 9.03. The Kier molecular flexibility index (Phi) is 7.02. The van der Waals surface area contributed by atoms with Crippen molar-refractivity contribution in [2.75, 3.05) is 10.6 Å². The van der Waals surface area contributed by atoms with Gasteiger partial charge in [0.05, 0.1) is 20.8 Å². The van der Waals surface area contributed by atoms with Crippen molar-refractivity contribution in [3.8, 4) is 0 Å². The van der Waals surface area contributed by atoms with E-state index >= 15 is 0 Å². The van der Waals surface area contributed by atoms with Crippen LogP contribution in [0.5, 0.6) is 0 Å². The molecule has 0 fully saturated rings. The largest absolute Gasteiger partial charge is 0.324 e. The van der Waals surface area contributed by atoms with E-state index in [1.54, 1.807) is 24.3 Å². The van der Waals surface area contributed by atoms with E-state index in [1.165, 1.54) is 23.1 Å². The van der Waals surface area contributed by atoms with E-state index in [2.05, 4.69) is 10.6 Å². The van der Waals surface area contributed by atoms with Gasteiger partial charge in [0, 0.05) is 15.6 Å². The van der Waals surface area contributed by atoms with Gasteiger partial charge in [-0.15, -0.1) is 23.1 Å². The molecule has 3 aromatic rings. The van der Waals surface area contributed by atoms with Crippen molar-refractivity contribution in [3.63, 3.8) is 0 Å². The number of benzene rings is 2. The highest BCUT2D eigenvalue weighted by molar-refractivity contribution is 8.00. The molecule has 2 amide bonds. The molecule has 0 aliphatic rings. The van der Waals surface area contributed by atoms with Gasteiger partial charge in [0.1, 0.15) is 0 Å². The Morgan fingerprint density at radius 3 is 2.43 bits per heavy atom. The summed E-state index contributed by atoms with van der Waals surface area (Å²) in [6, 6.07) is 15.9. The van der Waals surface area contributed by atoms with Crippen LogP contribution in [0.25, 0.3) is 0 Å². The normalized spacial score (nSPS) is 11.7. The van der Waals surface area contributed by atoms with E-state index in [9.17, 15) is 9.59 Å². The molecule has 2 N–H and O–H groups in total. The Morgan fingerprint density at radius 2 is 1.79 bits per heavy atom. The first-order valence-corrected chi connectivity index (χ1v) is 10.8. The molecule has 1 unspecified atom stereocenters. The number of carbonyl (C=O) groups excluding carboxylic acids is 2. The number of carbonyl (C=O) groups is 2. The first-order chi connectivity index (χ1) is 13.4. The highest BCUT2D eigenvalue weighted by Gasteiger charge is 2.16. The number of hydrogen-bond acceptors (Lipinski definition) is 4. The monoisotopic (exact) mass is 450 g/mol. The first kappa shape index (κ1) is 20.7. The lowest BCUT2D eigenvalue weighted by Gasteiger charge is -2.13. The lowest BCUT2D eigenvalue weighted by Crippen LogP contribution is -2.22. The van der Waals surface area contributed by atoms with Gasteiger partial charge in [0.25, 0.3) is 5.91 Å². The van der Waals surface area contributed by atoms with Crippen LogP contribution in [0.4, 0.5) is 11.4 Å². The number of hydrogen-bond donors (Lipinski definition) is 2. The van der Waals surface area contributed by atoms with E-state index < -0.39 is 0 Å². The molecular weight excluding hydrogens is 435 g/mol. The molecule has 0 aliphatic heterocycles. The second-order valence-electron chi connectivity index (χ2n) is 5.83. The van der Waals surface area contributed by atoms with Crippen LogP contribution in [-0.4, -0.2) is 17.1 Å². The van der Waals surface area contributed by atoms with Crippen LogP contribution in [0.2, 0.25) is 10.0 Å². The van der Waals surface area contributed by atoms with Gasteiger partial charge in [-0.05, 0) is 60.8 Å². The number of halogens is 2. The fourth-order valence-corrected chi connectivity index (χ4v) is 4.24. The van der Waals surface area contributed by atoms with Crippen molar-refractivity contribution in [2.45, 2.75) is 17.1 Å². The summed E-state index contributed by atoms with van der Waals surface area (Å²) < 4.78 is 0. The van der Waals surface area contributed by atoms with E-state index in [-0.39, 0.29) is 17.1 Å². The zero-order valence-corrected chi connectivity index (χ0v) is 17.9. The van der Waals surface area contributed by atoms with Gasteiger partial charge in [-0.3, -0.25) is 9.59 Å². The molecule has 2 aromatic carbocycles. The lowest BCUT2D eigenvalue weighted by molar-refractivity contribution is -0.115. The molecule has 8 heteroatoms. The summed E-state index contributed by atoms with van der Waals surface area (Å²) in [5, 5.41) is 8.08. The van der Waals surface area contributed by atoms with Crippen LogP contribution in [-0.2, 0) is 4.79 Å². The van der Waals surface area contributed by atoms with Crippen molar-refractivity contribution in [2.24, 2.45) is 0 Å². The molecule has 28 heavy (non-hydrogen) atoms. The quantitative estimate of drug-likeness (QED) is 0.425. The Hall–Kier alpha value is -1.99. The van der Waals surface area contributed by atoms with Crippen molar-refractivity contribution in [1.29, 1.82) is 0 Å². The van der Waals surface area contributed by atoms with Gasteiger partial charge < -0.3 is 10.6 Å². The average molecular weight is 451 g/mol. The van der Waals surface area contributed by atoms with Crippen LogP contribution in [0, 0.1) is 0 Å². The first-order valence-electron chi connectivity index (χ1n) is 8.30. The third-order valence-electron chi connectivity index (χ3n) is 3.73. The second kappa shape index (κ2) is 9.47. The minimum absolute atomic E-state index is 0.136. The zero-order valence-electron chi connectivity index (χ0n) is 14.7. The van der Waals surface area contributed by atoms with Crippen LogP contribution in [0.1, 0.15) is 16.6 Å². The van der Waals surface area contributed by atoms with Crippen LogP contribution in [0.3, 0.4) is 0 Å². The van der Waals surface area contributed by atoms with Gasteiger partial charge in [0.15, 0.2) is 0 Å². The van der Waals surface area contributed by atoms with E-state index in [4.69, 9.17) is 23.2 Å². The molecule has 1 atom stereocenters. The molecule has 0 aliphatic carbocycles. The topological polar surface area (TPSA) is 58.2 Å². The van der Waals surface area contributed by atoms with Gasteiger partial charge in [-0.2, -0.15) is 0 Å². The minimum Gasteiger partial charge on any atom is -0.324 e. The maximum Gasteiger partial charge on any atom is 0.265 e. The Balaban J connectivity index is 1.57. The third kappa shape index (κ3) is 5.52. The Bertz CT molecular complexity index is 976. The molecular formula is C20H16Cl2N2O2S2. The number of thioether (sulfide) groups is 1. The molecule has 0 radical (unpaired) electrons. The Morgan fingerprint density at radius 1 is 1.04 bits per heavy atom. The van der Waals surface area contributed by atoms with Gasteiger partial charge in [0.2, 0.25) is 5.91 Å². The maximum absolute atomic E-state index is 12.4. The van der Waals surface area contributed by atoms with Crippen LogP contribution >= 0.6 is 46.3 Å². The smallest absolute Gasteiger partial charge is 0.265 e. The SMILES string of the molecule is CC(Sc1ccc(NC(=O)c2cccs2)cc1)C(=O)Nc1ccc(Cl)cc1Cl. The van der Waals surface area contributed by atoms with E-state index in [0.717, 1.165) is 4.90 Å². The molecule has 1 heterocycles. The summed E-state index contributed by atoms with van der Waals surface area (Å²) in [7, 11) is 0. The standard InChI is InChI=1S/C20H16Cl2N2O2S2/c1-12(19(25)24-17-9-4-13(21)11-16(17)22)28-15-7-5-14(6-8-15)23-20(26)18-3-2-10-27-18/h2-12H,1H3,(H,23,26)(H,24,25). The molecule has 144 valence electrons. The summed E-state index contributed by atoms with van der Waals surface area (Å²) in [4.78, 5) is 26.1. The van der Waals surface area contributed by atoms with Crippen molar-refractivity contribution >= 4 is 69.5 Å². The van der Waals surface area contributed by atoms with Gasteiger partial charge in [-0.25, -0.2) is 0 Å². The predicted octanol–water partition coefficient (Wildman–Crippen LogP) is 6.43. The van der Waals surface area contributed by atoms with Crippen LogP contribution < -0.4 is 10.6 Å². The zero-order chi connectivity index (χ0) is 20.1. The summed E-state index contributed by atoms with van der Waals surface area (Å²) in [6.45, 7) is 1.82. The molecule has 4 nitrogen and oxygen atoms in total. The maximum atomic E-state index is 12.4. The van der Waals surface area contributed by atoms with Crippen molar-refractivity contribution < 1.29 is 9.59 Å². The summed E-state index contributed by atoms with van der Waals surface area (Å²) in [5.41, 5.74) is 1.22.